The van der Waals surface area contributed by atoms with Crippen molar-refractivity contribution >= 4 is 35.1 Å². The van der Waals surface area contributed by atoms with Crippen LogP contribution in [0.25, 0.3) is 0 Å². The summed E-state index contributed by atoms with van der Waals surface area (Å²) >= 11 is 0. The molecule has 3 amide bonds. The lowest BCUT2D eigenvalue weighted by Crippen LogP contribution is -2.29. The number of nitrogens with one attached hydrogen (secondary N) is 1. The molecule has 0 aromatic heterocycles. The number of nitrogens with zero attached hydrogens (tertiary/aromatic N) is 1. The number of anilines is 2. The molecule has 1 heterocycles. The van der Waals surface area contributed by atoms with Crippen molar-refractivity contribution in [2.75, 3.05) is 16.8 Å². The van der Waals surface area contributed by atoms with Gasteiger partial charge >= 0.3 is 5.97 Å². The van der Waals surface area contributed by atoms with Gasteiger partial charge in [0, 0.05) is 5.56 Å². The van der Waals surface area contributed by atoms with Crippen molar-refractivity contribution in [3.8, 4) is 0 Å². The van der Waals surface area contributed by atoms with Crippen LogP contribution in [0, 0.1) is 0 Å². The molecule has 4 rings (SSSR count). The Balaban J connectivity index is 1.61. The molecule has 0 fully saturated rings. The van der Waals surface area contributed by atoms with Gasteiger partial charge in [-0.15, -0.1) is 0 Å². The number of carbonyl (C=O) groups is 4. The minimum absolute atomic E-state index is 0.212. The molecule has 1 N–H and O–H groups in total. The minimum Gasteiger partial charge on any atom is -0.462 e. The molecule has 0 bridgehead atoms. The van der Waals surface area contributed by atoms with E-state index < -0.39 is 23.7 Å². The Labute approximate surface area is 178 Å². The number of rotatable bonds is 5. The van der Waals surface area contributed by atoms with E-state index in [9.17, 15) is 19.2 Å². The van der Waals surface area contributed by atoms with Gasteiger partial charge in [-0.3, -0.25) is 14.4 Å². The summed E-state index contributed by atoms with van der Waals surface area (Å²) in [7, 11) is 0. The van der Waals surface area contributed by atoms with Crippen LogP contribution in [0.5, 0.6) is 0 Å². The third-order valence-electron chi connectivity index (χ3n) is 4.83. The van der Waals surface area contributed by atoms with Crippen molar-refractivity contribution in [2.24, 2.45) is 0 Å². The summed E-state index contributed by atoms with van der Waals surface area (Å²) in [5.41, 5.74) is 1.70. The Morgan fingerprint density at radius 1 is 0.871 bits per heavy atom. The van der Waals surface area contributed by atoms with Gasteiger partial charge < -0.3 is 10.1 Å². The van der Waals surface area contributed by atoms with E-state index in [1.54, 1.807) is 73.7 Å². The quantitative estimate of drug-likeness (QED) is 0.505. The first kappa shape index (κ1) is 20.0. The molecule has 31 heavy (non-hydrogen) atoms. The van der Waals surface area contributed by atoms with Crippen LogP contribution in [-0.2, 0) is 4.74 Å². The van der Waals surface area contributed by atoms with E-state index in [2.05, 4.69) is 5.32 Å². The van der Waals surface area contributed by atoms with E-state index in [0.29, 0.717) is 16.8 Å². The summed E-state index contributed by atoms with van der Waals surface area (Å²) in [6, 6.07) is 19.3. The van der Waals surface area contributed by atoms with Crippen molar-refractivity contribution < 1.29 is 23.9 Å². The zero-order valence-electron chi connectivity index (χ0n) is 16.6. The molecule has 0 saturated heterocycles. The predicted molar refractivity (Wildman–Crippen MR) is 114 cm³/mol. The normalized spacial score (nSPS) is 12.5. The number of para-hydroxylation sites is 1. The van der Waals surface area contributed by atoms with E-state index in [0.717, 1.165) is 4.90 Å². The lowest BCUT2D eigenvalue weighted by atomic mass is 10.1. The maximum atomic E-state index is 12.8. The molecular formula is C24H18N2O5. The highest BCUT2D eigenvalue weighted by Crippen LogP contribution is 2.29. The summed E-state index contributed by atoms with van der Waals surface area (Å²) in [6.07, 6.45) is 0. The Bertz CT molecular complexity index is 1180. The van der Waals surface area contributed by atoms with Crippen LogP contribution in [0.1, 0.15) is 48.4 Å². The second-order valence-corrected chi connectivity index (χ2v) is 6.76. The van der Waals surface area contributed by atoms with Gasteiger partial charge in [0.15, 0.2) is 0 Å². The lowest BCUT2D eigenvalue weighted by molar-refractivity contribution is 0.0527. The van der Waals surface area contributed by atoms with Crippen LogP contribution in [0.15, 0.2) is 72.8 Å². The minimum atomic E-state index is -0.543. The molecule has 0 atom stereocenters. The van der Waals surface area contributed by atoms with Gasteiger partial charge in [0.05, 0.1) is 34.7 Å². The van der Waals surface area contributed by atoms with Gasteiger partial charge in [0.25, 0.3) is 17.7 Å². The molecule has 0 unspecified atom stereocenters. The first-order valence-corrected chi connectivity index (χ1v) is 9.66. The van der Waals surface area contributed by atoms with Gasteiger partial charge in [-0.2, -0.15) is 0 Å². The average molecular weight is 414 g/mol. The number of carbonyl (C=O) groups excluding carboxylic acids is 4. The monoisotopic (exact) mass is 414 g/mol. The van der Waals surface area contributed by atoms with Crippen LogP contribution < -0.4 is 10.2 Å². The number of ether oxygens (including phenoxy) is 1. The number of esters is 1. The molecule has 1 aliphatic rings. The smallest absolute Gasteiger partial charge is 0.340 e. The fourth-order valence-electron chi connectivity index (χ4n) is 3.38. The molecule has 7 heteroatoms. The molecular weight excluding hydrogens is 396 g/mol. The second-order valence-electron chi connectivity index (χ2n) is 6.76. The van der Waals surface area contributed by atoms with Gasteiger partial charge in [-0.25, -0.2) is 9.69 Å². The Hall–Kier alpha value is -4.26. The first-order valence-electron chi connectivity index (χ1n) is 9.66. The molecule has 3 aromatic rings. The Morgan fingerprint density at radius 2 is 1.52 bits per heavy atom. The number of hydrogen-bond acceptors (Lipinski definition) is 5. The SMILES string of the molecule is CCOC(=O)c1ccccc1NC(=O)c1cccc(N2C(=O)c3ccccc3C2=O)c1. The van der Waals surface area contributed by atoms with Crippen LogP contribution in [0.2, 0.25) is 0 Å². The standard InChI is InChI=1S/C24H18N2O5/c1-2-31-24(30)19-12-5-6-13-20(19)25-21(27)15-8-7-9-16(14-15)26-22(28)17-10-3-4-11-18(17)23(26)29/h3-14H,2H2,1H3,(H,25,27). The lowest BCUT2D eigenvalue weighted by Gasteiger charge is -2.15. The second kappa shape index (κ2) is 8.23. The van der Waals surface area contributed by atoms with Gasteiger partial charge in [0.2, 0.25) is 0 Å². The molecule has 7 nitrogen and oxygen atoms in total. The van der Waals surface area contributed by atoms with Crippen molar-refractivity contribution in [3.05, 3.63) is 95.1 Å². The molecule has 0 saturated carbocycles. The highest BCUT2D eigenvalue weighted by molar-refractivity contribution is 6.34. The van der Waals surface area contributed by atoms with Crippen molar-refractivity contribution in [1.29, 1.82) is 0 Å². The topological polar surface area (TPSA) is 92.8 Å². The highest BCUT2D eigenvalue weighted by atomic mass is 16.5. The van der Waals surface area contributed by atoms with E-state index in [-0.39, 0.29) is 23.4 Å². The number of imide groups is 1. The van der Waals surface area contributed by atoms with Crippen molar-refractivity contribution in [1.82, 2.24) is 0 Å². The fraction of sp³-hybridized carbons (Fsp3) is 0.0833. The van der Waals surface area contributed by atoms with Crippen molar-refractivity contribution in [3.63, 3.8) is 0 Å². The number of fused-ring (bicyclic) bond motifs is 1. The largest absolute Gasteiger partial charge is 0.462 e. The number of amides is 3. The van der Waals surface area contributed by atoms with E-state index in [1.165, 1.54) is 6.07 Å². The molecule has 0 radical (unpaired) electrons. The zero-order valence-corrected chi connectivity index (χ0v) is 16.6. The molecule has 3 aromatic carbocycles. The number of hydrogen-bond donors (Lipinski definition) is 1. The predicted octanol–water partition coefficient (Wildman–Crippen LogP) is 3.92. The van der Waals surface area contributed by atoms with Crippen LogP contribution in [-0.4, -0.2) is 30.3 Å². The summed E-state index contributed by atoms with van der Waals surface area (Å²) in [6.45, 7) is 1.91. The van der Waals surface area contributed by atoms with E-state index >= 15 is 0 Å². The summed E-state index contributed by atoms with van der Waals surface area (Å²) in [5, 5.41) is 2.70. The highest BCUT2D eigenvalue weighted by Gasteiger charge is 2.36. The average Bonchev–Trinajstić information content (AvgIpc) is 3.04. The Kier molecular flexibility index (Phi) is 5.32. The van der Waals surface area contributed by atoms with Crippen molar-refractivity contribution in [2.45, 2.75) is 6.92 Å². The van der Waals surface area contributed by atoms with E-state index in [4.69, 9.17) is 4.74 Å². The van der Waals surface area contributed by atoms with Crippen LogP contribution in [0.3, 0.4) is 0 Å². The zero-order chi connectivity index (χ0) is 22.0. The van der Waals surface area contributed by atoms with Crippen LogP contribution in [0.4, 0.5) is 11.4 Å². The van der Waals surface area contributed by atoms with Gasteiger partial charge in [-0.05, 0) is 49.4 Å². The molecule has 0 spiro atoms. The van der Waals surface area contributed by atoms with Gasteiger partial charge in [0.1, 0.15) is 0 Å². The Morgan fingerprint density at radius 3 is 2.19 bits per heavy atom. The first-order chi connectivity index (χ1) is 15.0. The van der Waals surface area contributed by atoms with E-state index in [1.807, 2.05) is 0 Å². The van der Waals surface area contributed by atoms with Crippen LogP contribution >= 0.6 is 0 Å². The fourth-order valence-corrected chi connectivity index (χ4v) is 3.38. The summed E-state index contributed by atoms with van der Waals surface area (Å²) in [4.78, 5) is 51.5. The molecule has 0 aliphatic carbocycles. The third-order valence-corrected chi connectivity index (χ3v) is 4.83. The maximum Gasteiger partial charge on any atom is 0.340 e. The summed E-state index contributed by atoms with van der Waals surface area (Å²) in [5.74, 6) is -1.91. The number of benzene rings is 3. The van der Waals surface area contributed by atoms with Gasteiger partial charge in [-0.1, -0.05) is 30.3 Å². The maximum absolute atomic E-state index is 12.8. The molecule has 154 valence electrons. The third kappa shape index (κ3) is 3.69. The summed E-state index contributed by atoms with van der Waals surface area (Å²) < 4.78 is 5.02. The molecule has 1 aliphatic heterocycles.